The van der Waals surface area contributed by atoms with Crippen LogP contribution in [0, 0.1) is 5.92 Å². The van der Waals surface area contributed by atoms with Gasteiger partial charge in [0, 0.05) is 12.7 Å². The van der Waals surface area contributed by atoms with Gasteiger partial charge in [-0.2, -0.15) is 8.78 Å². The van der Waals surface area contributed by atoms with Gasteiger partial charge < -0.3 is 14.8 Å². The van der Waals surface area contributed by atoms with Crippen LogP contribution in [0.3, 0.4) is 0 Å². The Hall–Kier alpha value is -2.74. The van der Waals surface area contributed by atoms with Crippen LogP contribution >= 0.6 is 0 Å². The van der Waals surface area contributed by atoms with Gasteiger partial charge in [-0.15, -0.1) is 0 Å². The lowest BCUT2D eigenvalue weighted by Gasteiger charge is -2.36. The molecular formula is C22H27F2N3O3. The van der Waals surface area contributed by atoms with E-state index in [4.69, 9.17) is 9.47 Å². The summed E-state index contributed by atoms with van der Waals surface area (Å²) >= 11 is 0. The van der Waals surface area contributed by atoms with E-state index in [1.807, 2.05) is 18.2 Å². The molecule has 3 rings (SSSR count). The lowest BCUT2D eigenvalue weighted by molar-refractivity contribution is -0.133. The predicted octanol–water partition coefficient (Wildman–Crippen LogP) is 3.43. The highest BCUT2D eigenvalue weighted by molar-refractivity contribution is 5.79. The average molecular weight is 419 g/mol. The molecule has 0 radical (unpaired) electrons. The summed E-state index contributed by atoms with van der Waals surface area (Å²) in [5.41, 5.74) is 1.73. The number of piperidine rings is 1. The van der Waals surface area contributed by atoms with E-state index in [-0.39, 0.29) is 5.92 Å². The number of amides is 1. The van der Waals surface area contributed by atoms with Crippen LogP contribution in [-0.4, -0.2) is 49.5 Å². The van der Waals surface area contributed by atoms with Gasteiger partial charge in [-0.3, -0.25) is 14.7 Å². The molecule has 162 valence electrons. The summed E-state index contributed by atoms with van der Waals surface area (Å²) in [5, 5.41) is 2.49. The van der Waals surface area contributed by atoms with E-state index < -0.39 is 18.4 Å². The van der Waals surface area contributed by atoms with Gasteiger partial charge in [-0.25, -0.2) is 0 Å². The topological polar surface area (TPSA) is 63.7 Å². The van der Waals surface area contributed by atoms with Gasteiger partial charge in [0.05, 0.1) is 26.0 Å². The number of pyridine rings is 1. The molecule has 1 amide bonds. The van der Waals surface area contributed by atoms with Crippen molar-refractivity contribution in [2.45, 2.75) is 31.9 Å². The number of methoxy groups -OCH3 is 2. The van der Waals surface area contributed by atoms with Crippen molar-refractivity contribution in [1.29, 1.82) is 0 Å². The van der Waals surface area contributed by atoms with E-state index in [9.17, 15) is 13.6 Å². The van der Waals surface area contributed by atoms with Crippen molar-refractivity contribution in [3.63, 3.8) is 0 Å². The smallest absolute Gasteiger partial charge is 0.315 e. The van der Waals surface area contributed by atoms with E-state index in [2.05, 4.69) is 15.2 Å². The third kappa shape index (κ3) is 5.44. The minimum absolute atomic E-state index is 0.0456. The Morgan fingerprint density at radius 1 is 1.17 bits per heavy atom. The molecule has 1 aliphatic rings. The molecule has 0 aliphatic carbocycles. The molecular weight excluding hydrogens is 392 g/mol. The second-order valence-electron chi connectivity index (χ2n) is 7.34. The number of carbonyl (C=O) groups excluding carboxylic acids is 1. The summed E-state index contributed by atoms with van der Waals surface area (Å²) in [4.78, 5) is 18.3. The number of hydrogen-bond donors (Lipinski definition) is 1. The van der Waals surface area contributed by atoms with Gasteiger partial charge in [0.1, 0.15) is 0 Å². The van der Waals surface area contributed by atoms with Gasteiger partial charge in [0.25, 0.3) is 5.91 Å². The first kappa shape index (κ1) is 22.0. The maximum absolute atomic E-state index is 12.8. The van der Waals surface area contributed by atoms with Crippen molar-refractivity contribution in [2.24, 2.45) is 5.92 Å². The number of rotatable bonds is 8. The Kier molecular flexibility index (Phi) is 7.57. The lowest BCUT2D eigenvalue weighted by atomic mass is 9.87. The maximum Gasteiger partial charge on any atom is 0.315 e. The number of ether oxygens (including phenoxy) is 2. The monoisotopic (exact) mass is 419 g/mol. The molecule has 1 atom stereocenters. The summed E-state index contributed by atoms with van der Waals surface area (Å²) in [6.07, 6.45) is 0.125. The van der Waals surface area contributed by atoms with Crippen LogP contribution < -0.4 is 14.8 Å². The number of likely N-dealkylation sites (tertiary alicyclic amines) is 1. The number of hydrogen-bond acceptors (Lipinski definition) is 5. The zero-order valence-electron chi connectivity index (χ0n) is 17.2. The molecule has 0 saturated carbocycles. The Morgan fingerprint density at radius 3 is 2.50 bits per heavy atom. The van der Waals surface area contributed by atoms with E-state index in [0.29, 0.717) is 17.2 Å². The van der Waals surface area contributed by atoms with Crippen molar-refractivity contribution in [3.8, 4) is 11.5 Å². The zero-order valence-corrected chi connectivity index (χ0v) is 17.2. The number of alkyl halides is 2. The molecule has 8 heteroatoms. The first-order chi connectivity index (χ1) is 14.5. The third-order valence-electron chi connectivity index (χ3n) is 5.46. The van der Waals surface area contributed by atoms with Gasteiger partial charge >= 0.3 is 6.43 Å². The van der Waals surface area contributed by atoms with Crippen LogP contribution in [-0.2, 0) is 11.3 Å². The van der Waals surface area contributed by atoms with E-state index in [1.165, 1.54) is 0 Å². The van der Waals surface area contributed by atoms with Crippen LogP contribution in [0.15, 0.2) is 42.6 Å². The zero-order chi connectivity index (χ0) is 21.5. The summed E-state index contributed by atoms with van der Waals surface area (Å²) in [6.45, 7) is 2.35. The fourth-order valence-corrected chi connectivity index (χ4v) is 3.89. The highest BCUT2D eigenvalue weighted by atomic mass is 19.3. The fraction of sp³-hybridized carbons (Fsp3) is 0.455. The van der Waals surface area contributed by atoms with E-state index in [1.54, 1.807) is 38.6 Å². The van der Waals surface area contributed by atoms with Crippen LogP contribution in [0.25, 0.3) is 0 Å². The quantitative estimate of drug-likeness (QED) is 0.710. The molecule has 6 nitrogen and oxygen atoms in total. The van der Waals surface area contributed by atoms with Gasteiger partial charge in [-0.05, 0) is 61.7 Å². The molecule has 1 N–H and O–H groups in total. The summed E-state index contributed by atoms with van der Waals surface area (Å²) < 4.78 is 36.3. The standard InChI is InChI=1S/C22H27F2N3O3/c1-29-18-7-6-15(13-19(18)30-2)14-27-11-8-16(9-12-27)20(26-22(28)21(23)24)17-5-3-4-10-25-17/h3-7,10,13,16,20-21H,8-9,11-12,14H2,1-2H3,(H,26,28). The highest BCUT2D eigenvalue weighted by Gasteiger charge is 2.31. The van der Waals surface area contributed by atoms with Crippen molar-refractivity contribution < 1.29 is 23.0 Å². The summed E-state index contributed by atoms with van der Waals surface area (Å²) in [5.74, 6) is 0.172. The van der Waals surface area contributed by atoms with Crippen molar-refractivity contribution in [3.05, 3.63) is 53.9 Å². The minimum Gasteiger partial charge on any atom is -0.493 e. The van der Waals surface area contributed by atoms with Gasteiger partial charge in [-0.1, -0.05) is 12.1 Å². The fourth-order valence-electron chi connectivity index (χ4n) is 3.89. The molecule has 1 fully saturated rings. The number of nitrogens with one attached hydrogen (secondary N) is 1. The van der Waals surface area contributed by atoms with Crippen LogP contribution in [0.2, 0.25) is 0 Å². The Labute approximate surface area is 175 Å². The molecule has 0 spiro atoms. The molecule has 0 bridgehead atoms. The molecule has 2 heterocycles. The average Bonchev–Trinajstić information content (AvgIpc) is 2.78. The molecule has 30 heavy (non-hydrogen) atoms. The second-order valence-corrected chi connectivity index (χ2v) is 7.34. The second kappa shape index (κ2) is 10.3. The predicted molar refractivity (Wildman–Crippen MR) is 109 cm³/mol. The molecule has 2 aromatic rings. The minimum atomic E-state index is -3.04. The Bertz CT molecular complexity index is 828. The Morgan fingerprint density at radius 2 is 1.90 bits per heavy atom. The molecule has 1 unspecified atom stereocenters. The number of benzene rings is 1. The third-order valence-corrected chi connectivity index (χ3v) is 5.46. The summed E-state index contributed by atoms with van der Waals surface area (Å²) in [6, 6.07) is 10.7. The number of aromatic nitrogens is 1. The first-order valence-electron chi connectivity index (χ1n) is 9.94. The summed E-state index contributed by atoms with van der Waals surface area (Å²) in [7, 11) is 3.21. The SMILES string of the molecule is COc1ccc(CN2CCC(C(NC(=O)C(F)F)c3ccccn3)CC2)cc1OC. The first-order valence-corrected chi connectivity index (χ1v) is 9.94. The largest absolute Gasteiger partial charge is 0.493 e. The van der Waals surface area contributed by atoms with E-state index in [0.717, 1.165) is 38.0 Å². The lowest BCUT2D eigenvalue weighted by Crippen LogP contribution is -2.42. The molecule has 1 saturated heterocycles. The van der Waals surface area contributed by atoms with Crippen LogP contribution in [0.4, 0.5) is 8.78 Å². The van der Waals surface area contributed by atoms with Gasteiger partial charge in [0.2, 0.25) is 0 Å². The normalized spacial score (nSPS) is 16.3. The van der Waals surface area contributed by atoms with Crippen molar-refractivity contribution >= 4 is 5.91 Å². The molecule has 1 aromatic heterocycles. The molecule has 1 aliphatic heterocycles. The highest BCUT2D eigenvalue weighted by Crippen LogP contribution is 2.32. The number of halogens is 2. The van der Waals surface area contributed by atoms with E-state index >= 15 is 0 Å². The number of nitrogens with zero attached hydrogens (tertiary/aromatic N) is 2. The van der Waals surface area contributed by atoms with Crippen LogP contribution in [0.5, 0.6) is 11.5 Å². The van der Waals surface area contributed by atoms with Gasteiger partial charge in [0.15, 0.2) is 11.5 Å². The molecule has 1 aromatic carbocycles. The number of carbonyl (C=O) groups is 1. The Balaban J connectivity index is 1.64. The van der Waals surface area contributed by atoms with Crippen molar-refractivity contribution in [1.82, 2.24) is 15.2 Å². The van der Waals surface area contributed by atoms with Crippen LogP contribution in [0.1, 0.15) is 30.1 Å². The maximum atomic E-state index is 12.8. The van der Waals surface area contributed by atoms with Crippen molar-refractivity contribution in [2.75, 3.05) is 27.3 Å².